The first-order valence-electron chi connectivity index (χ1n) is 4.00. The fraction of sp³-hybridized carbons (Fsp3) is 0.222. The van der Waals surface area contributed by atoms with Crippen molar-refractivity contribution in [1.82, 2.24) is 4.98 Å². The van der Waals surface area contributed by atoms with Gasteiger partial charge in [-0.05, 0) is 0 Å². The fourth-order valence-corrected chi connectivity index (χ4v) is 2.64. The molecule has 4 heteroatoms. The molecule has 1 radical (unpaired) electrons. The van der Waals surface area contributed by atoms with Crippen molar-refractivity contribution in [3.63, 3.8) is 0 Å². The van der Waals surface area contributed by atoms with Crippen molar-refractivity contribution in [3.8, 4) is 5.75 Å². The van der Waals surface area contributed by atoms with E-state index in [0.29, 0.717) is 6.61 Å². The van der Waals surface area contributed by atoms with Crippen LogP contribution in [0.15, 0.2) is 18.2 Å². The third kappa shape index (κ3) is 1.85. The van der Waals surface area contributed by atoms with Gasteiger partial charge in [0.15, 0.2) is 0 Å². The summed E-state index contributed by atoms with van der Waals surface area (Å²) in [7, 11) is 0. The molecule has 0 bridgehead atoms. The van der Waals surface area contributed by atoms with Gasteiger partial charge in [-0.15, -0.1) is 0 Å². The summed E-state index contributed by atoms with van der Waals surface area (Å²) in [5.41, 5.74) is 1.03. The zero-order valence-electron chi connectivity index (χ0n) is 7.11. The molecule has 1 aromatic heterocycles. The van der Waals surface area contributed by atoms with Crippen molar-refractivity contribution < 1.29 is 4.74 Å². The van der Waals surface area contributed by atoms with Crippen LogP contribution in [0, 0.1) is 0 Å². The van der Waals surface area contributed by atoms with Crippen LogP contribution in [0.25, 0.3) is 10.2 Å². The number of hydrogen-bond acceptors (Lipinski definition) is 3. The standard InChI is InChI=1S/C9H8NOSSe/c1-2-11-6-3-4-7-8(5-6)12-9(13)10-7/h3-5H,2H2,1H3. The minimum atomic E-state index is 0.704. The molecule has 0 aliphatic rings. The number of thiazole rings is 1. The third-order valence-corrected chi connectivity index (χ3v) is 3.18. The maximum absolute atomic E-state index is 5.39. The summed E-state index contributed by atoms with van der Waals surface area (Å²) in [6.45, 7) is 2.69. The van der Waals surface area contributed by atoms with E-state index in [1.807, 2.05) is 25.1 Å². The third-order valence-electron chi connectivity index (χ3n) is 1.65. The van der Waals surface area contributed by atoms with Gasteiger partial charge in [0.1, 0.15) is 0 Å². The second-order valence-corrected chi connectivity index (χ2v) is 4.97. The summed E-state index contributed by atoms with van der Waals surface area (Å²) in [6.07, 6.45) is 0. The van der Waals surface area contributed by atoms with E-state index in [9.17, 15) is 0 Å². The SMILES string of the molecule is CCOc1ccc2nc([Se])sc2c1. The zero-order valence-corrected chi connectivity index (χ0v) is 9.64. The van der Waals surface area contributed by atoms with Crippen LogP contribution in [0.1, 0.15) is 6.92 Å². The summed E-state index contributed by atoms with van der Waals surface area (Å²) < 4.78 is 7.53. The van der Waals surface area contributed by atoms with E-state index in [0.717, 1.165) is 15.2 Å². The molecule has 2 rings (SSSR count). The van der Waals surface area contributed by atoms with Crippen LogP contribution in [-0.4, -0.2) is 27.6 Å². The van der Waals surface area contributed by atoms with Gasteiger partial charge < -0.3 is 0 Å². The van der Waals surface area contributed by atoms with E-state index in [-0.39, 0.29) is 0 Å². The van der Waals surface area contributed by atoms with E-state index in [1.165, 1.54) is 4.70 Å². The summed E-state index contributed by atoms with van der Waals surface area (Å²) in [6, 6.07) is 5.96. The first-order chi connectivity index (χ1) is 6.29. The van der Waals surface area contributed by atoms with Crippen molar-refractivity contribution in [3.05, 3.63) is 18.2 Å². The molecule has 1 heterocycles. The van der Waals surface area contributed by atoms with Crippen molar-refractivity contribution in [1.29, 1.82) is 0 Å². The molecule has 1 aromatic carbocycles. The number of aromatic nitrogens is 1. The predicted octanol–water partition coefficient (Wildman–Crippen LogP) is 1.49. The maximum atomic E-state index is 5.39. The van der Waals surface area contributed by atoms with Crippen LogP contribution in [0.4, 0.5) is 0 Å². The summed E-state index contributed by atoms with van der Waals surface area (Å²) in [5.74, 6) is 0.915. The molecule has 67 valence electrons. The Morgan fingerprint density at radius 3 is 3.15 bits per heavy atom. The van der Waals surface area contributed by atoms with E-state index in [4.69, 9.17) is 4.74 Å². The quantitative estimate of drug-likeness (QED) is 0.760. The van der Waals surface area contributed by atoms with Gasteiger partial charge in [-0.25, -0.2) is 0 Å². The molecule has 2 nitrogen and oxygen atoms in total. The molecule has 0 saturated heterocycles. The van der Waals surface area contributed by atoms with Gasteiger partial charge in [0.2, 0.25) is 0 Å². The first kappa shape index (κ1) is 9.00. The Morgan fingerprint density at radius 2 is 2.38 bits per heavy atom. The summed E-state index contributed by atoms with van der Waals surface area (Å²) in [4.78, 5) is 4.32. The Labute approximate surface area is 88.8 Å². The molecule has 13 heavy (non-hydrogen) atoms. The van der Waals surface area contributed by atoms with Crippen molar-refractivity contribution in [2.45, 2.75) is 6.92 Å². The van der Waals surface area contributed by atoms with Crippen LogP contribution in [0.5, 0.6) is 5.75 Å². The van der Waals surface area contributed by atoms with E-state index < -0.39 is 0 Å². The molecule has 0 amide bonds. The molecule has 0 aliphatic carbocycles. The van der Waals surface area contributed by atoms with Gasteiger partial charge in [0, 0.05) is 0 Å². The number of benzene rings is 1. The number of nitrogens with zero attached hydrogens (tertiary/aromatic N) is 1. The molecular weight excluding hydrogens is 249 g/mol. The average molecular weight is 257 g/mol. The van der Waals surface area contributed by atoms with Crippen LogP contribution < -0.4 is 8.64 Å². The summed E-state index contributed by atoms with van der Waals surface area (Å²) >= 11 is 4.55. The van der Waals surface area contributed by atoms with Crippen LogP contribution in [-0.2, 0) is 0 Å². The van der Waals surface area contributed by atoms with Crippen LogP contribution in [0.3, 0.4) is 0 Å². The number of ether oxygens (including phenoxy) is 1. The molecular formula is C9H8NOSSe. The van der Waals surface area contributed by atoms with Gasteiger partial charge in [0.05, 0.1) is 0 Å². The number of rotatable bonds is 2. The van der Waals surface area contributed by atoms with E-state index in [1.54, 1.807) is 11.3 Å². The molecule has 0 fully saturated rings. The fourth-order valence-electron chi connectivity index (χ4n) is 1.14. The first-order valence-corrected chi connectivity index (χ1v) is 5.67. The van der Waals surface area contributed by atoms with Gasteiger partial charge in [-0.3, -0.25) is 0 Å². The minimum absolute atomic E-state index is 0.704. The normalized spacial score (nSPS) is 10.5. The molecule has 0 aliphatic heterocycles. The van der Waals surface area contributed by atoms with Gasteiger partial charge in [0.25, 0.3) is 0 Å². The van der Waals surface area contributed by atoms with Crippen LogP contribution in [0.2, 0.25) is 0 Å². The van der Waals surface area contributed by atoms with Gasteiger partial charge in [-0.2, -0.15) is 0 Å². The molecule has 0 spiro atoms. The molecule has 0 atom stereocenters. The Kier molecular flexibility index (Phi) is 2.53. The zero-order chi connectivity index (χ0) is 9.26. The monoisotopic (exact) mass is 258 g/mol. The number of fused-ring (bicyclic) bond motifs is 1. The van der Waals surface area contributed by atoms with Gasteiger partial charge in [-0.1, -0.05) is 0 Å². The van der Waals surface area contributed by atoms with E-state index in [2.05, 4.69) is 21.0 Å². The Morgan fingerprint density at radius 1 is 1.54 bits per heavy atom. The number of hydrogen-bond donors (Lipinski definition) is 0. The molecule has 0 saturated carbocycles. The van der Waals surface area contributed by atoms with Crippen molar-refractivity contribution in [2.24, 2.45) is 0 Å². The Bertz CT molecular complexity index is 426. The second-order valence-electron chi connectivity index (χ2n) is 2.54. The van der Waals surface area contributed by atoms with Crippen molar-refractivity contribution >= 4 is 41.5 Å². The summed E-state index contributed by atoms with van der Waals surface area (Å²) in [5, 5.41) is 0. The van der Waals surface area contributed by atoms with Crippen molar-refractivity contribution in [2.75, 3.05) is 6.61 Å². The topological polar surface area (TPSA) is 22.1 Å². The molecule has 2 aromatic rings. The van der Waals surface area contributed by atoms with Crippen LogP contribution >= 0.6 is 11.3 Å². The Balaban J connectivity index is 2.48. The Hall–Kier alpha value is -0.571. The molecule has 0 N–H and O–H groups in total. The van der Waals surface area contributed by atoms with E-state index >= 15 is 0 Å². The second kappa shape index (κ2) is 3.66. The molecule has 0 unspecified atom stereocenters. The van der Waals surface area contributed by atoms with Gasteiger partial charge >= 0.3 is 88.7 Å². The predicted molar refractivity (Wildman–Crippen MR) is 56.2 cm³/mol. The average Bonchev–Trinajstić information content (AvgIpc) is 2.44.